The maximum atomic E-state index is 12.5. The number of aryl methyl sites for hydroxylation is 3. The van der Waals surface area contributed by atoms with E-state index in [9.17, 15) is 4.79 Å². The van der Waals surface area contributed by atoms with Gasteiger partial charge >= 0.3 is 0 Å². The van der Waals surface area contributed by atoms with E-state index in [1.54, 1.807) is 25.3 Å². The molecule has 0 radical (unpaired) electrons. The minimum atomic E-state index is -0.348. The summed E-state index contributed by atoms with van der Waals surface area (Å²) in [5, 5.41) is 6.02. The molecule has 0 bridgehead atoms. The van der Waals surface area contributed by atoms with Crippen molar-refractivity contribution in [2.24, 2.45) is 0 Å². The summed E-state index contributed by atoms with van der Waals surface area (Å²) in [6, 6.07) is 9.11. The number of hydrogen-bond donors (Lipinski definition) is 2. The number of hydrogen-bond acceptors (Lipinski definition) is 4. The number of rotatable bonds is 4. The molecule has 0 atom stereocenters. The van der Waals surface area contributed by atoms with Gasteiger partial charge in [0.2, 0.25) is 0 Å². The quantitative estimate of drug-likeness (QED) is 0.815. The second-order valence-electron chi connectivity index (χ2n) is 5.75. The standard InChI is InChI=1S/C19H22N2O3S/c1-11-8-12(2)17(13(3)9-11)20-19(25)21-18(22)15-7-6-14(23-4)10-16(15)24-5/h6-10H,1-5H3,(H2,20,21,22,25). The van der Waals surface area contributed by atoms with Crippen LogP contribution in [0.15, 0.2) is 30.3 Å². The molecule has 0 aliphatic heterocycles. The van der Waals surface area contributed by atoms with Crippen LogP contribution in [0.1, 0.15) is 27.0 Å². The molecular formula is C19H22N2O3S. The van der Waals surface area contributed by atoms with Crippen LogP contribution in [-0.2, 0) is 0 Å². The number of thiocarbonyl (C=S) groups is 1. The van der Waals surface area contributed by atoms with Crippen LogP contribution >= 0.6 is 12.2 Å². The molecule has 0 saturated heterocycles. The first-order chi connectivity index (χ1) is 11.8. The van der Waals surface area contributed by atoms with Crippen molar-refractivity contribution in [3.8, 4) is 11.5 Å². The van der Waals surface area contributed by atoms with Gasteiger partial charge in [0.15, 0.2) is 5.11 Å². The highest BCUT2D eigenvalue weighted by atomic mass is 32.1. The maximum absolute atomic E-state index is 12.5. The van der Waals surface area contributed by atoms with Crippen LogP contribution < -0.4 is 20.1 Å². The number of anilines is 1. The molecule has 6 heteroatoms. The van der Waals surface area contributed by atoms with Crippen LogP contribution in [-0.4, -0.2) is 25.2 Å². The first-order valence-electron chi connectivity index (χ1n) is 7.78. The monoisotopic (exact) mass is 358 g/mol. The van der Waals surface area contributed by atoms with Gasteiger partial charge < -0.3 is 14.8 Å². The Morgan fingerprint density at radius 3 is 2.20 bits per heavy atom. The number of nitrogens with one attached hydrogen (secondary N) is 2. The van der Waals surface area contributed by atoms with Gasteiger partial charge in [0.05, 0.1) is 19.8 Å². The van der Waals surface area contributed by atoms with Crippen LogP contribution in [0.4, 0.5) is 5.69 Å². The SMILES string of the molecule is COc1ccc(C(=O)NC(=S)Nc2c(C)cc(C)cc2C)c(OC)c1. The predicted octanol–water partition coefficient (Wildman–Crippen LogP) is 3.76. The molecule has 2 N–H and O–H groups in total. The zero-order valence-electron chi connectivity index (χ0n) is 15.0. The Morgan fingerprint density at radius 2 is 1.64 bits per heavy atom. The fraction of sp³-hybridized carbons (Fsp3) is 0.263. The van der Waals surface area contributed by atoms with Gasteiger partial charge in [0, 0.05) is 11.8 Å². The first-order valence-corrected chi connectivity index (χ1v) is 8.18. The fourth-order valence-corrected chi connectivity index (χ4v) is 2.87. The third kappa shape index (κ3) is 4.48. The molecule has 2 aromatic carbocycles. The van der Waals surface area contributed by atoms with E-state index < -0.39 is 0 Å². The highest BCUT2D eigenvalue weighted by Crippen LogP contribution is 2.25. The molecule has 0 unspecified atom stereocenters. The van der Waals surface area contributed by atoms with Gasteiger partial charge in [-0.3, -0.25) is 10.1 Å². The van der Waals surface area contributed by atoms with E-state index in [2.05, 4.69) is 22.8 Å². The van der Waals surface area contributed by atoms with Crippen LogP contribution in [0.2, 0.25) is 0 Å². The molecule has 0 aliphatic rings. The minimum absolute atomic E-state index is 0.234. The Kier molecular flexibility index (Phi) is 5.98. The molecule has 0 aliphatic carbocycles. The van der Waals surface area contributed by atoms with E-state index in [1.165, 1.54) is 12.7 Å². The molecule has 0 heterocycles. The molecule has 1 amide bonds. The third-order valence-corrected chi connectivity index (χ3v) is 4.00. The molecule has 5 nitrogen and oxygen atoms in total. The molecule has 132 valence electrons. The lowest BCUT2D eigenvalue weighted by Crippen LogP contribution is -2.34. The molecular weight excluding hydrogens is 336 g/mol. The topological polar surface area (TPSA) is 59.6 Å². The van der Waals surface area contributed by atoms with Crippen LogP contribution in [0, 0.1) is 20.8 Å². The smallest absolute Gasteiger partial charge is 0.261 e. The summed E-state index contributed by atoms with van der Waals surface area (Å²) in [7, 11) is 3.06. The zero-order chi connectivity index (χ0) is 18.6. The molecule has 25 heavy (non-hydrogen) atoms. The summed E-state index contributed by atoms with van der Waals surface area (Å²) in [6.07, 6.45) is 0. The van der Waals surface area contributed by atoms with E-state index in [4.69, 9.17) is 21.7 Å². The highest BCUT2D eigenvalue weighted by molar-refractivity contribution is 7.80. The summed E-state index contributed by atoms with van der Waals surface area (Å²) < 4.78 is 10.4. The summed E-state index contributed by atoms with van der Waals surface area (Å²) in [5.74, 6) is 0.682. The molecule has 2 rings (SSSR count). The molecule has 2 aromatic rings. The summed E-state index contributed by atoms with van der Waals surface area (Å²) in [4.78, 5) is 12.5. The zero-order valence-corrected chi connectivity index (χ0v) is 15.8. The number of benzene rings is 2. The number of ether oxygens (including phenoxy) is 2. The van der Waals surface area contributed by atoms with Gasteiger partial charge in [0.25, 0.3) is 5.91 Å². The molecule has 0 spiro atoms. The van der Waals surface area contributed by atoms with Gasteiger partial charge in [-0.2, -0.15) is 0 Å². The maximum Gasteiger partial charge on any atom is 0.261 e. The molecule has 0 saturated carbocycles. The lowest BCUT2D eigenvalue weighted by atomic mass is 10.1. The van der Waals surface area contributed by atoms with Crippen LogP contribution in [0.25, 0.3) is 0 Å². The van der Waals surface area contributed by atoms with Crippen LogP contribution in [0.3, 0.4) is 0 Å². The normalized spacial score (nSPS) is 10.1. The second-order valence-corrected chi connectivity index (χ2v) is 6.16. The van der Waals surface area contributed by atoms with Crippen molar-refractivity contribution >= 4 is 28.9 Å². The Labute approximate surface area is 153 Å². The fourth-order valence-electron chi connectivity index (χ4n) is 2.68. The average Bonchev–Trinajstić information content (AvgIpc) is 2.57. The van der Waals surface area contributed by atoms with E-state index >= 15 is 0 Å². The Hall–Kier alpha value is -2.60. The number of carbonyl (C=O) groups is 1. The second kappa shape index (κ2) is 7.98. The summed E-state index contributed by atoms with van der Waals surface area (Å²) in [6.45, 7) is 6.04. The minimum Gasteiger partial charge on any atom is -0.497 e. The average molecular weight is 358 g/mol. The Bertz CT molecular complexity index is 795. The van der Waals surface area contributed by atoms with E-state index in [0.717, 1.165) is 16.8 Å². The number of carbonyl (C=O) groups excluding carboxylic acids is 1. The predicted molar refractivity (Wildman–Crippen MR) is 104 cm³/mol. The largest absolute Gasteiger partial charge is 0.497 e. The van der Waals surface area contributed by atoms with Crippen molar-refractivity contribution in [3.05, 3.63) is 52.6 Å². The van der Waals surface area contributed by atoms with Gasteiger partial charge in [-0.15, -0.1) is 0 Å². The lowest BCUT2D eigenvalue weighted by Gasteiger charge is -2.16. The molecule has 0 aromatic heterocycles. The van der Waals surface area contributed by atoms with Crippen molar-refractivity contribution in [1.82, 2.24) is 5.32 Å². The Balaban J connectivity index is 2.15. The van der Waals surface area contributed by atoms with Gasteiger partial charge in [-0.05, 0) is 56.2 Å². The lowest BCUT2D eigenvalue weighted by molar-refractivity contribution is 0.0974. The third-order valence-electron chi connectivity index (χ3n) is 3.80. The van der Waals surface area contributed by atoms with E-state index in [0.29, 0.717) is 17.1 Å². The van der Waals surface area contributed by atoms with Gasteiger partial charge in [-0.25, -0.2) is 0 Å². The van der Waals surface area contributed by atoms with Gasteiger partial charge in [-0.1, -0.05) is 17.7 Å². The van der Waals surface area contributed by atoms with E-state index in [-0.39, 0.29) is 11.0 Å². The van der Waals surface area contributed by atoms with E-state index in [1.807, 2.05) is 20.8 Å². The number of methoxy groups -OCH3 is 2. The van der Waals surface area contributed by atoms with Crippen molar-refractivity contribution in [1.29, 1.82) is 0 Å². The summed E-state index contributed by atoms with van der Waals surface area (Å²) in [5.41, 5.74) is 4.59. The van der Waals surface area contributed by atoms with Gasteiger partial charge in [0.1, 0.15) is 11.5 Å². The summed E-state index contributed by atoms with van der Waals surface area (Å²) >= 11 is 5.28. The molecule has 0 fully saturated rings. The number of amides is 1. The van der Waals surface area contributed by atoms with Crippen molar-refractivity contribution in [2.75, 3.05) is 19.5 Å². The van der Waals surface area contributed by atoms with Crippen LogP contribution in [0.5, 0.6) is 11.5 Å². The van der Waals surface area contributed by atoms with Crippen molar-refractivity contribution < 1.29 is 14.3 Å². The first kappa shape index (κ1) is 18.7. The van der Waals surface area contributed by atoms with Crippen molar-refractivity contribution in [2.45, 2.75) is 20.8 Å². The van der Waals surface area contributed by atoms with Crippen molar-refractivity contribution in [3.63, 3.8) is 0 Å². The Morgan fingerprint density at radius 1 is 1.00 bits per heavy atom. The highest BCUT2D eigenvalue weighted by Gasteiger charge is 2.15.